The lowest BCUT2D eigenvalue weighted by atomic mass is 10.0. The number of carbonyl (C=O) groups is 2. The Labute approximate surface area is 191 Å². The third-order valence-electron chi connectivity index (χ3n) is 6.41. The molecule has 0 spiro atoms. The molecule has 1 fully saturated rings. The number of rotatable bonds is 10. The molecular formula is C27H35FN2O2. The number of benzene rings is 2. The summed E-state index contributed by atoms with van der Waals surface area (Å²) in [5, 5.41) is 3.15. The average Bonchev–Trinajstić information content (AvgIpc) is 3.32. The van der Waals surface area contributed by atoms with Crippen molar-refractivity contribution < 1.29 is 14.0 Å². The molecule has 1 N–H and O–H groups in total. The second kappa shape index (κ2) is 11.8. The zero-order valence-corrected chi connectivity index (χ0v) is 19.3. The first kappa shape index (κ1) is 24.0. The van der Waals surface area contributed by atoms with Crippen molar-refractivity contribution in [2.24, 2.45) is 0 Å². The van der Waals surface area contributed by atoms with Crippen LogP contribution in [-0.2, 0) is 29.0 Å². The van der Waals surface area contributed by atoms with Crippen LogP contribution in [0, 0.1) is 5.82 Å². The molecule has 1 saturated carbocycles. The first-order chi connectivity index (χ1) is 15.5. The Hall–Kier alpha value is -2.69. The van der Waals surface area contributed by atoms with Crippen molar-refractivity contribution in [1.29, 1.82) is 0 Å². The van der Waals surface area contributed by atoms with Crippen LogP contribution in [0.2, 0.25) is 0 Å². The molecule has 5 heteroatoms. The zero-order valence-electron chi connectivity index (χ0n) is 19.3. The molecule has 1 aliphatic rings. The van der Waals surface area contributed by atoms with Gasteiger partial charge in [-0.15, -0.1) is 0 Å². The van der Waals surface area contributed by atoms with Crippen LogP contribution in [-0.4, -0.2) is 28.8 Å². The van der Waals surface area contributed by atoms with E-state index < -0.39 is 6.04 Å². The summed E-state index contributed by atoms with van der Waals surface area (Å²) < 4.78 is 13.4. The van der Waals surface area contributed by atoms with Crippen molar-refractivity contribution in [2.45, 2.75) is 83.8 Å². The predicted octanol–water partition coefficient (Wildman–Crippen LogP) is 5.19. The van der Waals surface area contributed by atoms with Crippen LogP contribution >= 0.6 is 0 Å². The molecule has 1 atom stereocenters. The number of hydrogen-bond donors (Lipinski definition) is 1. The molecule has 0 saturated heterocycles. The molecule has 0 aromatic heterocycles. The molecule has 0 heterocycles. The van der Waals surface area contributed by atoms with Crippen molar-refractivity contribution in [1.82, 2.24) is 10.2 Å². The Balaban J connectivity index is 1.73. The fourth-order valence-corrected chi connectivity index (χ4v) is 4.41. The van der Waals surface area contributed by atoms with E-state index in [2.05, 4.69) is 36.5 Å². The van der Waals surface area contributed by atoms with Crippen LogP contribution in [0.3, 0.4) is 0 Å². The van der Waals surface area contributed by atoms with Crippen LogP contribution in [0.5, 0.6) is 0 Å². The van der Waals surface area contributed by atoms with Crippen LogP contribution in [0.4, 0.5) is 4.39 Å². The lowest BCUT2D eigenvalue weighted by molar-refractivity contribution is -0.141. The highest BCUT2D eigenvalue weighted by molar-refractivity contribution is 5.88. The van der Waals surface area contributed by atoms with Crippen molar-refractivity contribution >= 4 is 11.8 Å². The lowest BCUT2D eigenvalue weighted by Crippen LogP contribution is -2.51. The summed E-state index contributed by atoms with van der Waals surface area (Å²) in [5.74, 6) is -0.447. The summed E-state index contributed by atoms with van der Waals surface area (Å²) in [4.78, 5) is 28.1. The summed E-state index contributed by atoms with van der Waals surface area (Å²) in [5.41, 5.74) is 3.20. The normalized spacial score (nSPS) is 14.8. The molecule has 2 amide bonds. The van der Waals surface area contributed by atoms with Crippen LogP contribution in [0.25, 0.3) is 0 Å². The van der Waals surface area contributed by atoms with Gasteiger partial charge >= 0.3 is 0 Å². The van der Waals surface area contributed by atoms with E-state index >= 15 is 0 Å². The largest absolute Gasteiger partial charge is 0.352 e. The standard InChI is InChI=1S/C27H35FN2O2/c1-3-20-9-11-21(12-10-20)15-18-26(31)30(19-22-13-16-23(28)17-14-22)25(4-2)27(32)29-24-7-5-6-8-24/h9-14,16-17,24-25H,3-8,15,18-19H2,1-2H3,(H,29,32). The molecule has 32 heavy (non-hydrogen) atoms. The Kier molecular flexibility index (Phi) is 8.83. The molecule has 0 radical (unpaired) electrons. The van der Waals surface area contributed by atoms with Gasteiger partial charge in [0.05, 0.1) is 0 Å². The van der Waals surface area contributed by atoms with Crippen molar-refractivity contribution in [3.8, 4) is 0 Å². The molecule has 1 unspecified atom stereocenters. The average molecular weight is 439 g/mol. The minimum absolute atomic E-state index is 0.0534. The van der Waals surface area contributed by atoms with Gasteiger partial charge in [0.2, 0.25) is 11.8 Å². The van der Waals surface area contributed by atoms with Crippen molar-refractivity contribution in [3.05, 3.63) is 71.0 Å². The zero-order chi connectivity index (χ0) is 22.9. The quantitative estimate of drug-likeness (QED) is 0.555. The number of nitrogens with zero attached hydrogens (tertiary/aromatic N) is 1. The summed E-state index contributed by atoms with van der Waals surface area (Å²) in [6.45, 7) is 4.35. The van der Waals surface area contributed by atoms with Crippen LogP contribution in [0.15, 0.2) is 48.5 Å². The van der Waals surface area contributed by atoms with E-state index in [1.807, 2.05) is 6.92 Å². The Morgan fingerprint density at radius 3 is 2.16 bits per heavy atom. The maximum absolute atomic E-state index is 13.4. The minimum atomic E-state index is -0.532. The Morgan fingerprint density at radius 1 is 0.969 bits per heavy atom. The van der Waals surface area contributed by atoms with Gasteiger partial charge in [-0.1, -0.05) is 63.1 Å². The minimum Gasteiger partial charge on any atom is -0.352 e. The third-order valence-corrected chi connectivity index (χ3v) is 6.41. The van der Waals surface area contributed by atoms with Gasteiger partial charge in [0.25, 0.3) is 0 Å². The summed E-state index contributed by atoms with van der Waals surface area (Å²) in [6.07, 6.45) is 6.76. The number of amides is 2. The van der Waals surface area contributed by atoms with Gasteiger partial charge in [-0.05, 0) is 60.9 Å². The maximum atomic E-state index is 13.4. The van der Waals surface area contributed by atoms with E-state index in [1.165, 1.54) is 17.7 Å². The number of hydrogen-bond acceptors (Lipinski definition) is 2. The molecule has 1 aliphatic carbocycles. The first-order valence-electron chi connectivity index (χ1n) is 11.9. The number of carbonyl (C=O) groups excluding carboxylic acids is 2. The lowest BCUT2D eigenvalue weighted by Gasteiger charge is -2.31. The van der Waals surface area contributed by atoms with Gasteiger partial charge in [-0.25, -0.2) is 4.39 Å². The van der Waals surface area contributed by atoms with Gasteiger partial charge in [-0.2, -0.15) is 0 Å². The number of halogens is 1. The molecule has 2 aromatic rings. The fraction of sp³-hybridized carbons (Fsp3) is 0.481. The molecule has 0 aliphatic heterocycles. The topological polar surface area (TPSA) is 49.4 Å². The van der Waals surface area contributed by atoms with E-state index in [1.54, 1.807) is 17.0 Å². The molecule has 3 rings (SSSR count). The van der Waals surface area contributed by atoms with Crippen molar-refractivity contribution in [3.63, 3.8) is 0 Å². The molecule has 4 nitrogen and oxygen atoms in total. The molecular weight excluding hydrogens is 403 g/mol. The second-order valence-electron chi connectivity index (χ2n) is 8.73. The highest BCUT2D eigenvalue weighted by Gasteiger charge is 2.30. The first-order valence-corrected chi connectivity index (χ1v) is 11.9. The monoisotopic (exact) mass is 438 g/mol. The highest BCUT2D eigenvalue weighted by atomic mass is 19.1. The van der Waals surface area contributed by atoms with Gasteiger partial charge in [0, 0.05) is 19.0 Å². The smallest absolute Gasteiger partial charge is 0.243 e. The van der Waals surface area contributed by atoms with Gasteiger partial charge in [-0.3, -0.25) is 9.59 Å². The van der Waals surface area contributed by atoms with Gasteiger partial charge in [0.15, 0.2) is 0 Å². The van der Waals surface area contributed by atoms with Crippen LogP contribution in [0.1, 0.15) is 69.1 Å². The Morgan fingerprint density at radius 2 is 1.56 bits per heavy atom. The Bertz CT molecular complexity index is 874. The number of aryl methyl sites for hydroxylation is 2. The molecule has 0 bridgehead atoms. The van der Waals surface area contributed by atoms with E-state index in [-0.39, 0.29) is 23.7 Å². The van der Waals surface area contributed by atoms with Gasteiger partial charge in [0.1, 0.15) is 11.9 Å². The van der Waals surface area contributed by atoms with E-state index in [9.17, 15) is 14.0 Å². The SMILES string of the molecule is CCc1ccc(CCC(=O)N(Cc2ccc(F)cc2)C(CC)C(=O)NC2CCCC2)cc1. The maximum Gasteiger partial charge on any atom is 0.243 e. The molecule has 172 valence electrons. The van der Waals surface area contributed by atoms with Crippen LogP contribution < -0.4 is 5.32 Å². The van der Waals surface area contributed by atoms with Gasteiger partial charge < -0.3 is 10.2 Å². The van der Waals surface area contributed by atoms with E-state index in [0.717, 1.165) is 43.2 Å². The molecule has 2 aromatic carbocycles. The third kappa shape index (κ3) is 6.65. The summed E-state index contributed by atoms with van der Waals surface area (Å²) >= 11 is 0. The summed E-state index contributed by atoms with van der Waals surface area (Å²) in [6, 6.07) is 14.2. The van der Waals surface area contributed by atoms with E-state index in [4.69, 9.17) is 0 Å². The highest BCUT2D eigenvalue weighted by Crippen LogP contribution is 2.20. The van der Waals surface area contributed by atoms with Crippen molar-refractivity contribution in [2.75, 3.05) is 0 Å². The predicted molar refractivity (Wildman–Crippen MR) is 126 cm³/mol. The summed E-state index contributed by atoms with van der Waals surface area (Å²) in [7, 11) is 0. The second-order valence-corrected chi connectivity index (χ2v) is 8.73. The van der Waals surface area contributed by atoms with E-state index in [0.29, 0.717) is 25.8 Å². The fourth-order valence-electron chi connectivity index (χ4n) is 4.41. The number of nitrogens with one attached hydrogen (secondary N) is 1.